The minimum absolute atomic E-state index is 0.0176. The first-order valence-corrected chi connectivity index (χ1v) is 8.11. The van der Waals surface area contributed by atoms with Gasteiger partial charge in [-0.05, 0) is 54.6 Å². The van der Waals surface area contributed by atoms with Crippen molar-refractivity contribution in [1.29, 1.82) is 0 Å². The molecule has 0 amide bonds. The van der Waals surface area contributed by atoms with Crippen LogP contribution >= 0.6 is 11.6 Å². The molecule has 3 rings (SSSR count). The highest BCUT2D eigenvalue weighted by Gasteiger charge is 2.15. The number of nitrogens with two attached hydrogens (primary N) is 1. The predicted molar refractivity (Wildman–Crippen MR) is 96.8 cm³/mol. The summed E-state index contributed by atoms with van der Waals surface area (Å²) in [4.78, 5) is 17.0. The Morgan fingerprint density at radius 2 is 1.85 bits per heavy atom. The number of carbonyl (C=O) groups excluding carboxylic acids is 1. The summed E-state index contributed by atoms with van der Waals surface area (Å²) in [5.41, 5.74) is 6.27. The molecule has 0 atom stereocenters. The van der Waals surface area contributed by atoms with Crippen molar-refractivity contribution in [3.05, 3.63) is 82.9 Å². The number of oxime groups is 1. The molecule has 0 aliphatic heterocycles. The minimum Gasteiger partial charge on any atom is -0.471 e. The van der Waals surface area contributed by atoms with Crippen LogP contribution in [0.4, 0.5) is 4.39 Å². The standard InChI is InChI=1S/C18H14ClFN4O3/c19-13-3-7-15(8-4-13)26-11-24-16(9-10-22-24)18(25)27-23-17(21)12-1-5-14(20)6-2-12/h1-10H,11H2,(H2,21,23). The number of nitrogens with zero attached hydrogens (tertiary/aromatic N) is 3. The lowest BCUT2D eigenvalue weighted by atomic mass is 10.2. The number of hydrogen-bond donors (Lipinski definition) is 1. The van der Waals surface area contributed by atoms with Crippen LogP contribution in [0.3, 0.4) is 0 Å². The quantitative estimate of drug-likeness (QED) is 0.303. The highest BCUT2D eigenvalue weighted by atomic mass is 35.5. The molecule has 0 spiro atoms. The van der Waals surface area contributed by atoms with Crippen LogP contribution < -0.4 is 10.5 Å². The highest BCUT2D eigenvalue weighted by molar-refractivity contribution is 6.30. The van der Waals surface area contributed by atoms with Crippen molar-refractivity contribution < 1.29 is 18.8 Å². The summed E-state index contributed by atoms with van der Waals surface area (Å²) in [6, 6.07) is 13.5. The third kappa shape index (κ3) is 4.83. The van der Waals surface area contributed by atoms with Gasteiger partial charge in [-0.1, -0.05) is 16.8 Å². The van der Waals surface area contributed by atoms with Crippen LogP contribution in [0.15, 0.2) is 65.9 Å². The number of hydrogen-bond acceptors (Lipinski definition) is 5. The number of halogens is 2. The molecule has 9 heteroatoms. The second kappa shape index (κ2) is 8.33. The molecule has 2 N–H and O–H groups in total. The Labute approximate surface area is 158 Å². The van der Waals surface area contributed by atoms with Gasteiger partial charge in [-0.25, -0.2) is 13.9 Å². The normalized spacial score (nSPS) is 11.3. The first kappa shape index (κ1) is 18.4. The molecule has 0 radical (unpaired) electrons. The lowest BCUT2D eigenvalue weighted by Crippen LogP contribution is -2.18. The van der Waals surface area contributed by atoms with Gasteiger partial charge in [0.2, 0.25) is 0 Å². The van der Waals surface area contributed by atoms with Gasteiger partial charge in [-0.15, -0.1) is 0 Å². The SMILES string of the molecule is N/C(=N\OC(=O)c1ccnn1COc1ccc(Cl)cc1)c1ccc(F)cc1. The number of carbonyl (C=O) groups is 1. The summed E-state index contributed by atoms with van der Waals surface area (Å²) >= 11 is 5.81. The lowest BCUT2D eigenvalue weighted by molar-refractivity contribution is 0.0492. The van der Waals surface area contributed by atoms with E-state index in [4.69, 9.17) is 26.9 Å². The Morgan fingerprint density at radius 1 is 1.15 bits per heavy atom. The Kier molecular flexibility index (Phi) is 5.68. The van der Waals surface area contributed by atoms with E-state index >= 15 is 0 Å². The van der Waals surface area contributed by atoms with Gasteiger partial charge >= 0.3 is 5.97 Å². The van der Waals surface area contributed by atoms with Gasteiger partial charge in [0.05, 0.1) is 0 Å². The van der Waals surface area contributed by atoms with Crippen LogP contribution in [-0.2, 0) is 11.6 Å². The van der Waals surface area contributed by atoms with E-state index in [1.165, 1.54) is 41.2 Å². The van der Waals surface area contributed by atoms with E-state index in [1.807, 2.05) is 0 Å². The third-order valence-electron chi connectivity index (χ3n) is 3.46. The second-order valence-electron chi connectivity index (χ2n) is 5.31. The van der Waals surface area contributed by atoms with Crippen molar-refractivity contribution in [3.63, 3.8) is 0 Å². The molecule has 1 aromatic heterocycles. The van der Waals surface area contributed by atoms with E-state index in [0.717, 1.165) is 0 Å². The van der Waals surface area contributed by atoms with E-state index in [0.29, 0.717) is 16.3 Å². The third-order valence-corrected chi connectivity index (χ3v) is 3.71. The minimum atomic E-state index is -0.766. The topological polar surface area (TPSA) is 91.7 Å². The zero-order valence-corrected chi connectivity index (χ0v) is 14.6. The van der Waals surface area contributed by atoms with Crippen LogP contribution in [0.25, 0.3) is 0 Å². The zero-order chi connectivity index (χ0) is 19.2. The molecule has 0 bridgehead atoms. The average molecular weight is 389 g/mol. The molecule has 0 saturated heterocycles. The number of aromatic nitrogens is 2. The maximum atomic E-state index is 12.9. The Hall–Kier alpha value is -3.39. The van der Waals surface area contributed by atoms with Crippen LogP contribution in [0, 0.1) is 5.82 Å². The van der Waals surface area contributed by atoms with Gasteiger partial charge in [0.25, 0.3) is 0 Å². The first-order chi connectivity index (χ1) is 13.0. The van der Waals surface area contributed by atoms with Crippen molar-refractivity contribution in [2.45, 2.75) is 6.73 Å². The van der Waals surface area contributed by atoms with Crippen molar-refractivity contribution in [3.8, 4) is 5.75 Å². The summed E-state index contributed by atoms with van der Waals surface area (Å²) in [6.45, 7) is -0.0176. The molecule has 1 heterocycles. The van der Waals surface area contributed by atoms with Crippen LogP contribution in [0.5, 0.6) is 5.75 Å². The maximum Gasteiger partial charge on any atom is 0.383 e. The van der Waals surface area contributed by atoms with E-state index in [-0.39, 0.29) is 18.3 Å². The summed E-state index contributed by atoms with van der Waals surface area (Å²) in [7, 11) is 0. The fourth-order valence-corrected chi connectivity index (χ4v) is 2.21. The summed E-state index contributed by atoms with van der Waals surface area (Å²) in [6.07, 6.45) is 1.43. The summed E-state index contributed by atoms with van der Waals surface area (Å²) in [5, 5.41) is 8.17. The van der Waals surface area contributed by atoms with E-state index < -0.39 is 11.8 Å². The smallest absolute Gasteiger partial charge is 0.383 e. The number of ether oxygens (including phenoxy) is 1. The molecule has 0 unspecified atom stereocenters. The molecular weight excluding hydrogens is 375 g/mol. The number of amidine groups is 1. The second-order valence-corrected chi connectivity index (χ2v) is 5.74. The lowest BCUT2D eigenvalue weighted by Gasteiger charge is -2.08. The van der Waals surface area contributed by atoms with E-state index in [9.17, 15) is 9.18 Å². The van der Waals surface area contributed by atoms with Gasteiger partial charge < -0.3 is 15.3 Å². The molecule has 0 aliphatic carbocycles. The predicted octanol–water partition coefficient (Wildman–Crippen LogP) is 3.19. The number of rotatable bonds is 6. The van der Waals surface area contributed by atoms with Crippen molar-refractivity contribution >= 4 is 23.4 Å². The monoisotopic (exact) mass is 388 g/mol. The Balaban J connectivity index is 1.63. The van der Waals surface area contributed by atoms with Crippen LogP contribution in [-0.4, -0.2) is 21.6 Å². The van der Waals surface area contributed by atoms with Crippen molar-refractivity contribution in [2.75, 3.05) is 0 Å². The molecule has 0 aliphatic rings. The highest BCUT2D eigenvalue weighted by Crippen LogP contribution is 2.16. The first-order valence-electron chi connectivity index (χ1n) is 7.74. The van der Waals surface area contributed by atoms with Crippen LogP contribution in [0.2, 0.25) is 5.02 Å². The average Bonchev–Trinajstić information content (AvgIpc) is 3.14. The summed E-state index contributed by atoms with van der Waals surface area (Å²) in [5.74, 6) is -0.676. The van der Waals surface area contributed by atoms with Crippen LogP contribution in [0.1, 0.15) is 16.1 Å². The fraction of sp³-hybridized carbons (Fsp3) is 0.0556. The van der Waals surface area contributed by atoms with Crippen molar-refractivity contribution in [1.82, 2.24) is 9.78 Å². The van der Waals surface area contributed by atoms with Gasteiger partial charge in [-0.3, -0.25) is 0 Å². The Morgan fingerprint density at radius 3 is 2.56 bits per heavy atom. The molecule has 3 aromatic rings. The number of benzene rings is 2. The molecular formula is C18H14ClFN4O3. The molecule has 7 nitrogen and oxygen atoms in total. The summed E-state index contributed by atoms with van der Waals surface area (Å²) < 4.78 is 19.8. The zero-order valence-electron chi connectivity index (χ0n) is 13.9. The van der Waals surface area contributed by atoms with Crippen molar-refractivity contribution in [2.24, 2.45) is 10.9 Å². The van der Waals surface area contributed by atoms with Gasteiger partial charge in [0, 0.05) is 16.8 Å². The van der Waals surface area contributed by atoms with E-state index in [1.54, 1.807) is 24.3 Å². The maximum absolute atomic E-state index is 12.9. The van der Waals surface area contributed by atoms with E-state index in [2.05, 4.69) is 10.3 Å². The fourth-order valence-electron chi connectivity index (χ4n) is 2.09. The molecule has 27 heavy (non-hydrogen) atoms. The van der Waals surface area contributed by atoms with Gasteiger partial charge in [-0.2, -0.15) is 5.10 Å². The van der Waals surface area contributed by atoms with Gasteiger partial charge in [0.1, 0.15) is 11.6 Å². The molecule has 0 saturated carbocycles. The molecule has 138 valence electrons. The molecule has 0 fully saturated rings. The Bertz CT molecular complexity index is 955. The van der Waals surface area contributed by atoms with Gasteiger partial charge in [0.15, 0.2) is 18.3 Å². The molecule has 2 aromatic carbocycles. The largest absolute Gasteiger partial charge is 0.471 e.